The molecule has 2 heterocycles. The number of aliphatic hydroxyl groups is 1. The molecule has 1 fully saturated rings. The molecular weight excluding hydrogens is 216 g/mol. The van der Waals surface area contributed by atoms with Gasteiger partial charge in [0.15, 0.2) is 0 Å². The van der Waals surface area contributed by atoms with Crippen molar-refractivity contribution in [2.75, 3.05) is 26.7 Å². The van der Waals surface area contributed by atoms with E-state index in [2.05, 4.69) is 22.4 Å². The van der Waals surface area contributed by atoms with Gasteiger partial charge in [0, 0.05) is 24.3 Å². The maximum atomic E-state index is 8.81. The van der Waals surface area contributed by atoms with Gasteiger partial charge >= 0.3 is 0 Å². The summed E-state index contributed by atoms with van der Waals surface area (Å²) in [6.07, 6.45) is 6.32. The van der Waals surface area contributed by atoms with E-state index < -0.39 is 0 Å². The van der Waals surface area contributed by atoms with E-state index in [1.54, 1.807) is 4.68 Å². The fourth-order valence-corrected chi connectivity index (χ4v) is 2.20. The van der Waals surface area contributed by atoms with Crippen LogP contribution in [0.4, 0.5) is 0 Å². The van der Waals surface area contributed by atoms with Crippen molar-refractivity contribution < 1.29 is 5.11 Å². The fraction of sp³-hybridized carbons (Fsp3) is 0.750. The lowest BCUT2D eigenvalue weighted by Gasteiger charge is -2.29. The number of likely N-dealkylation sites (tertiary alicyclic amines) is 1. The molecule has 0 unspecified atom stereocenters. The van der Waals surface area contributed by atoms with Crippen LogP contribution in [-0.2, 0) is 13.1 Å². The van der Waals surface area contributed by atoms with Gasteiger partial charge in [-0.15, -0.1) is 0 Å². The third-order valence-electron chi connectivity index (χ3n) is 3.33. The minimum Gasteiger partial charge on any atom is -0.394 e. The summed E-state index contributed by atoms with van der Waals surface area (Å²) in [5, 5.41) is 16.6. The van der Waals surface area contributed by atoms with Crippen LogP contribution in [0, 0.1) is 0 Å². The molecule has 2 rings (SSSR count). The fourth-order valence-electron chi connectivity index (χ4n) is 2.20. The smallest absolute Gasteiger partial charge is 0.0640 e. The molecular formula is C12H22N4O. The molecule has 5 heteroatoms. The first-order valence-electron chi connectivity index (χ1n) is 6.32. The van der Waals surface area contributed by atoms with Crippen LogP contribution in [0.3, 0.4) is 0 Å². The Morgan fingerprint density at radius 3 is 2.94 bits per heavy atom. The highest BCUT2D eigenvalue weighted by molar-refractivity contribution is 5.03. The predicted octanol–water partition coefficient (Wildman–Crippen LogP) is 0.0592. The van der Waals surface area contributed by atoms with Crippen molar-refractivity contribution in [3.8, 4) is 0 Å². The second-order valence-corrected chi connectivity index (χ2v) is 4.79. The third-order valence-corrected chi connectivity index (χ3v) is 3.33. The van der Waals surface area contributed by atoms with Crippen LogP contribution in [-0.4, -0.2) is 52.6 Å². The van der Waals surface area contributed by atoms with E-state index in [0.29, 0.717) is 12.6 Å². The van der Waals surface area contributed by atoms with Crippen molar-refractivity contribution >= 4 is 0 Å². The van der Waals surface area contributed by atoms with Gasteiger partial charge in [-0.3, -0.25) is 4.68 Å². The summed E-state index contributed by atoms with van der Waals surface area (Å²) in [6.45, 7) is 3.96. The topological polar surface area (TPSA) is 53.3 Å². The Bertz CT molecular complexity index is 331. The lowest BCUT2D eigenvalue weighted by Crippen LogP contribution is -2.40. The van der Waals surface area contributed by atoms with Crippen molar-refractivity contribution in [2.24, 2.45) is 0 Å². The first kappa shape index (κ1) is 12.5. The van der Waals surface area contributed by atoms with Gasteiger partial charge in [-0.1, -0.05) is 0 Å². The zero-order valence-corrected chi connectivity index (χ0v) is 10.5. The molecule has 17 heavy (non-hydrogen) atoms. The normalized spacial score (nSPS) is 18.7. The molecule has 1 aromatic rings. The van der Waals surface area contributed by atoms with Crippen molar-refractivity contribution in [1.82, 2.24) is 20.0 Å². The highest BCUT2D eigenvalue weighted by Gasteiger charge is 2.15. The summed E-state index contributed by atoms with van der Waals surface area (Å²) in [6, 6.07) is 0.632. The Labute approximate surface area is 102 Å². The van der Waals surface area contributed by atoms with Crippen molar-refractivity contribution in [2.45, 2.75) is 32.0 Å². The van der Waals surface area contributed by atoms with Gasteiger partial charge < -0.3 is 15.3 Å². The van der Waals surface area contributed by atoms with E-state index >= 15 is 0 Å². The van der Waals surface area contributed by atoms with E-state index in [1.807, 2.05) is 12.4 Å². The van der Waals surface area contributed by atoms with Crippen LogP contribution in [0.15, 0.2) is 12.4 Å². The van der Waals surface area contributed by atoms with Gasteiger partial charge in [-0.25, -0.2) is 0 Å². The SMILES string of the molecule is CN1CCC(NCc2cnn(CCO)c2)CC1. The van der Waals surface area contributed by atoms with Crippen LogP contribution < -0.4 is 5.32 Å². The first-order chi connectivity index (χ1) is 8.28. The van der Waals surface area contributed by atoms with Crippen molar-refractivity contribution in [3.05, 3.63) is 18.0 Å². The zero-order chi connectivity index (χ0) is 12.1. The minimum atomic E-state index is 0.142. The number of nitrogens with one attached hydrogen (secondary N) is 1. The maximum absolute atomic E-state index is 8.81. The van der Waals surface area contributed by atoms with E-state index in [4.69, 9.17) is 5.11 Å². The first-order valence-corrected chi connectivity index (χ1v) is 6.32. The average Bonchev–Trinajstić information content (AvgIpc) is 2.77. The Hall–Kier alpha value is -0.910. The number of piperidine rings is 1. The molecule has 0 spiro atoms. The molecule has 1 aliphatic rings. The van der Waals surface area contributed by atoms with Gasteiger partial charge in [-0.2, -0.15) is 5.10 Å². The molecule has 0 radical (unpaired) electrons. The molecule has 0 aliphatic carbocycles. The second kappa shape index (κ2) is 6.14. The molecule has 96 valence electrons. The lowest BCUT2D eigenvalue weighted by molar-refractivity contribution is 0.234. The van der Waals surface area contributed by atoms with Crippen LogP contribution in [0.25, 0.3) is 0 Å². The highest BCUT2D eigenvalue weighted by Crippen LogP contribution is 2.09. The molecule has 1 saturated heterocycles. The molecule has 1 aliphatic heterocycles. The third kappa shape index (κ3) is 3.80. The van der Waals surface area contributed by atoms with Crippen molar-refractivity contribution in [1.29, 1.82) is 0 Å². The van der Waals surface area contributed by atoms with Gasteiger partial charge in [0.2, 0.25) is 0 Å². The van der Waals surface area contributed by atoms with Gasteiger partial charge in [0.05, 0.1) is 19.3 Å². The number of hydrogen-bond donors (Lipinski definition) is 2. The lowest BCUT2D eigenvalue weighted by atomic mass is 10.1. The molecule has 0 amide bonds. The van der Waals surface area contributed by atoms with E-state index in [-0.39, 0.29) is 6.61 Å². The molecule has 5 nitrogen and oxygen atoms in total. The largest absolute Gasteiger partial charge is 0.394 e. The van der Waals surface area contributed by atoms with Gasteiger partial charge in [0.25, 0.3) is 0 Å². The summed E-state index contributed by atoms with van der Waals surface area (Å²) < 4.78 is 1.78. The second-order valence-electron chi connectivity index (χ2n) is 4.79. The number of nitrogens with zero attached hydrogens (tertiary/aromatic N) is 3. The number of aromatic nitrogens is 2. The summed E-state index contributed by atoms with van der Waals surface area (Å²) in [4.78, 5) is 2.37. The number of hydrogen-bond acceptors (Lipinski definition) is 4. The van der Waals surface area contributed by atoms with Gasteiger partial charge in [-0.05, 0) is 33.0 Å². The molecule has 0 bridgehead atoms. The number of aliphatic hydroxyl groups excluding tert-OH is 1. The predicted molar refractivity (Wildman–Crippen MR) is 66.7 cm³/mol. The molecule has 0 atom stereocenters. The van der Waals surface area contributed by atoms with E-state index in [0.717, 1.165) is 6.54 Å². The Morgan fingerprint density at radius 2 is 2.24 bits per heavy atom. The molecule has 0 aromatic carbocycles. The molecule has 1 aromatic heterocycles. The Kier molecular flexibility index (Phi) is 4.53. The van der Waals surface area contributed by atoms with Crippen molar-refractivity contribution in [3.63, 3.8) is 0 Å². The van der Waals surface area contributed by atoms with Crippen LogP contribution in [0.2, 0.25) is 0 Å². The maximum Gasteiger partial charge on any atom is 0.0640 e. The summed E-state index contributed by atoms with van der Waals surface area (Å²) in [5.74, 6) is 0. The number of rotatable bonds is 5. The Balaban J connectivity index is 1.73. The minimum absolute atomic E-state index is 0.142. The Morgan fingerprint density at radius 1 is 1.47 bits per heavy atom. The molecule has 0 saturated carbocycles. The highest BCUT2D eigenvalue weighted by atomic mass is 16.3. The summed E-state index contributed by atoms with van der Waals surface area (Å²) in [7, 11) is 2.18. The summed E-state index contributed by atoms with van der Waals surface area (Å²) >= 11 is 0. The van der Waals surface area contributed by atoms with Crippen LogP contribution >= 0.6 is 0 Å². The monoisotopic (exact) mass is 238 g/mol. The average molecular weight is 238 g/mol. The van der Waals surface area contributed by atoms with Crippen LogP contribution in [0.5, 0.6) is 0 Å². The summed E-state index contributed by atoms with van der Waals surface area (Å²) in [5.41, 5.74) is 1.19. The molecule has 2 N–H and O–H groups in total. The standard InChI is InChI=1S/C12H22N4O/c1-15-4-2-12(3-5-15)13-8-11-9-14-16(10-11)6-7-17/h9-10,12-13,17H,2-8H2,1H3. The zero-order valence-electron chi connectivity index (χ0n) is 10.5. The van der Waals surface area contributed by atoms with Gasteiger partial charge in [0.1, 0.15) is 0 Å². The quantitative estimate of drug-likeness (QED) is 0.761. The van der Waals surface area contributed by atoms with Crippen LogP contribution in [0.1, 0.15) is 18.4 Å². The van der Waals surface area contributed by atoms with E-state index in [9.17, 15) is 0 Å². The van der Waals surface area contributed by atoms with E-state index in [1.165, 1.54) is 31.5 Å².